The van der Waals surface area contributed by atoms with Gasteiger partial charge in [0, 0.05) is 6.61 Å². The lowest BCUT2D eigenvalue weighted by Gasteiger charge is -2.09. The number of nitrogens with two attached hydrogens (primary N) is 1. The van der Waals surface area contributed by atoms with Gasteiger partial charge in [-0.25, -0.2) is 0 Å². The van der Waals surface area contributed by atoms with E-state index in [0.717, 1.165) is 0 Å². The molecule has 0 saturated heterocycles. The number of aliphatic hydroxyl groups is 1. The van der Waals surface area contributed by atoms with Crippen LogP contribution in [-0.4, -0.2) is 36.5 Å². The lowest BCUT2D eigenvalue weighted by Crippen LogP contribution is -2.40. The highest BCUT2D eigenvalue weighted by Gasteiger charge is 2.07. The van der Waals surface area contributed by atoms with Crippen LogP contribution in [0.2, 0.25) is 0 Å². The fraction of sp³-hybridized carbons (Fsp3) is 0.667. The summed E-state index contributed by atoms with van der Waals surface area (Å²) in [5.74, 6) is -0.393. The third-order valence-corrected chi connectivity index (χ3v) is 1.14. The first-order valence-corrected chi connectivity index (χ1v) is 3.30. The third kappa shape index (κ3) is 4.46. The Labute approximate surface area is 64.6 Å². The van der Waals surface area contributed by atoms with Crippen molar-refractivity contribution in [3.63, 3.8) is 0 Å². The largest absolute Gasteiger partial charge is 0.396 e. The Balaban J connectivity index is 3.67. The van der Waals surface area contributed by atoms with Crippen molar-refractivity contribution in [1.29, 1.82) is 0 Å². The molecule has 0 aromatic heterocycles. The molecule has 0 fully saturated rings. The lowest BCUT2D eigenvalue weighted by molar-refractivity contribution is -0.123. The van der Waals surface area contributed by atoms with Crippen LogP contribution in [-0.2, 0) is 9.59 Å². The second kappa shape index (κ2) is 5.82. The molecule has 4 N–H and O–H groups in total. The molecule has 1 atom stereocenters. The summed E-state index contributed by atoms with van der Waals surface area (Å²) < 4.78 is 0. The number of amides is 1. The number of carbonyl (C=O) groups is 2. The van der Waals surface area contributed by atoms with Gasteiger partial charge in [-0.3, -0.25) is 4.79 Å². The van der Waals surface area contributed by atoms with Gasteiger partial charge in [0.25, 0.3) is 0 Å². The quantitative estimate of drug-likeness (QED) is 0.406. The topological polar surface area (TPSA) is 92.4 Å². The molecule has 64 valence electrons. The Kier molecular flexibility index (Phi) is 5.32. The normalized spacial score (nSPS) is 12.2. The van der Waals surface area contributed by atoms with E-state index in [-0.39, 0.29) is 19.6 Å². The molecule has 0 aliphatic heterocycles. The summed E-state index contributed by atoms with van der Waals surface area (Å²) in [6.07, 6.45) is 0.805. The van der Waals surface area contributed by atoms with Crippen molar-refractivity contribution < 1.29 is 14.7 Å². The van der Waals surface area contributed by atoms with Crippen molar-refractivity contribution in [1.82, 2.24) is 5.32 Å². The Hall–Kier alpha value is -0.940. The average Bonchev–Trinajstić information content (AvgIpc) is 2.03. The van der Waals surface area contributed by atoms with Crippen LogP contribution in [0.25, 0.3) is 0 Å². The summed E-state index contributed by atoms with van der Waals surface area (Å²) in [5, 5.41) is 10.7. The van der Waals surface area contributed by atoms with Crippen molar-refractivity contribution in [2.75, 3.05) is 13.2 Å². The number of carbonyl (C=O) groups excluding carboxylic acids is 2. The molecule has 11 heavy (non-hydrogen) atoms. The highest BCUT2D eigenvalue weighted by Crippen LogP contribution is 1.84. The van der Waals surface area contributed by atoms with Gasteiger partial charge in [-0.15, -0.1) is 0 Å². The SMILES string of the molecule is NCC(=O)NC(C=O)CCO. The zero-order valence-electron chi connectivity index (χ0n) is 6.12. The first-order valence-electron chi connectivity index (χ1n) is 3.30. The Morgan fingerprint density at radius 3 is 2.73 bits per heavy atom. The summed E-state index contributed by atoms with van der Waals surface area (Å²) in [6, 6.07) is -0.615. The molecule has 0 radical (unpaired) electrons. The summed E-state index contributed by atoms with van der Waals surface area (Å²) >= 11 is 0. The summed E-state index contributed by atoms with van der Waals surface area (Å²) in [4.78, 5) is 20.8. The number of rotatable bonds is 5. The maximum atomic E-state index is 10.6. The smallest absolute Gasteiger partial charge is 0.234 e. The summed E-state index contributed by atoms with van der Waals surface area (Å²) in [7, 11) is 0. The van der Waals surface area contributed by atoms with Crippen molar-refractivity contribution in [2.24, 2.45) is 5.73 Å². The zero-order chi connectivity index (χ0) is 8.69. The fourth-order valence-corrected chi connectivity index (χ4v) is 0.579. The Morgan fingerprint density at radius 1 is 1.73 bits per heavy atom. The molecule has 5 nitrogen and oxygen atoms in total. The molecule has 0 saturated carbocycles. The Morgan fingerprint density at radius 2 is 2.36 bits per heavy atom. The van der Waals surface area contributed by atoms with Crippen molar-refractivity contribution in [2.45, 2.75) is 12.5 Å². The highest BCUT2D eigenvalue weighted by atomic mass is 16.3. The van der Waals surface area contributed by atoms with E-state index in [1.165, 1.54) is 0 Å². The van der Waals surface area contributed by atoms with Gasteiger partial charge in [0.15, 0.2) is 0 Å². The van der Waals surface area contributed by atoms with Crippen molar-refractivity contribution in [3.8, 4) is 0 Å². The van der Waals surface area contributed by atoms with Crippen LogP contribution in [0.4, 0.5) is 0 Å². The van der Waals surface area contributed by atoms with Crippen molar-refractivity contribution in [3.05, 3.63) is 0 Å². The van der Waals surface area contributed by atoms with Crippen LogP contribution in [0.3, 0.4) is 0 Å². The number of aliphatic hydroxyl groups excluding tert-OH is 1. The molecule has 1 unspecified atom stereocenters. The van der Waals surface area contributed by atoms with Crippen LogP contribution in [0, 0.1) is 0 Å². The van der Waals surface area contributed by atoms with Crippen LogP contribution < -0.4 is 11.1 Å². The molecule has 0 aliphatic rings. The predicted molar refractivity (Wildman–Crippen MR) is 38.8 cm³/mol. The van der Waals surface area contributed by atoms with E-state index >= 15 is 0 Å². The summed E-state index contributed by atoms with van der Waals surface area (Å²) in [5.41, 5.74) is 4.98. The highest BCUT2D eigenvalue weighted by molar-refractivity contribution is 5.81. The van der Waals surface area contributed by atoms with Gasteiger partial charge in [0.05, 0.1) is 12.6 Å². The van der Waals surface area contributed by atoms with E-state index in [4.69, 9.17) is 10.8 Å². The van der Waals surface area contributed by atoms with Gasteiger partial charge in [0.1, 0.15) is 6.29 Å². The molecule has 0 heterocycles. The number of hydrogen-bond acceptors (Lipinski definition) is 4. The first kappa shape index (κ1) is 10.1. The van der Waals surface area contributed by atoms with Gasteiger partial charge in [-0.05, 0) is 6.42 Å². The monoisotopic (exact) mass is 160 g/mol. The van der Waals surface area contributed by atoms with Gasteiger partial charge < -0.3 is 21.0 Å². The van der Waals surface area contributed by atoms with Crippen LogP contribution in [0.5, 0.6) is 0 Å². The minimum atomic E-state index is -0.615. The van der Waals surface area contributed by atoms with Crippen LogP contribution >= 0.6 is 0 Å². The van der Waals surface area contributed by atoms with Gasteiger partial charge in [-0.1, -0.05) is 0 Å². The Bertz CT molecular complexity index is 138. The maximum absolute atomic E-state index is 10.6. The molecule has 0 aromatic carbocycles. The van der Waals surface area contributed by atoms with Crippen molar-refractivity contribution >= 4 is 12.2 Å². The van der Waals surface area contributed by atoms with Gasteiger partial charge in [-0.2, -0.15) is 0 Å². The lowest BCUT2D eigenvalue weighted by atomic mass is 10.2. The second-order valence-electron chi connectivity index (χ2n) is 2.03. The van der Waals surface area contributed by atoms with Gasteiger partial charge >= 0.3 is 0 Å². The standard InChI is InChI=1S/C6H12N2O3/c7-3-6(11)8-5(4-10)1-2-9/h4-5,9H,1-3,7H2,(H,8,11). The molecule has 0 rings (SSSR count). The third-order valence-electron chi connectivity index (χ3n) is 1.14. The minimum Gasteiger partial charge on any atom is -0.396 e. The van der Waals surface area contributed by atoms with E-state index in [9.17, 15) is 9.59 Å². The molecule has 1 amide bonds. The van der Waals surface area contributed by atoms with E-state index in [1.807, 2.05) is 0 Å². The minimum absolute atomic E-state index is 0.131. The first-order chi connectivity index (χ1) is 5.24. The van der Waals surface area contributed by atoms with E-state index in [1.54, 1.807) is 0 Å². The molecular weight excluding hydrogens is 148 g/mol. The molecule has 0 aromatic rings. The zero-order valence-corrected chi connectivity index (χ0v) is 6.12. The predicted octanol–water partition coefficient (Wildman–Crippen LogP) is -1.99. The number of aldehydes is 1. The summed E-state index contributed by atoms with van der Waals surface area (Å²) in [6.45, 7) is -0.274. The molecular formula is C6H12N2O3. The van der Waals surface area contributed by atoms with E-state index < -0.39 is 11.9 Å². The average molecular weight is 160 g/mol. The number of nitrogens with one attached hydrogen (secondary N) is 1. The van der Waals surface area contributed by atoms with Crippen LogP contribution in [0.1, 0.15) is 6.42 Å². The molecule has 0 spiro atoms. The van der Waals surface area contributed by atoms with Crippen LogP contribution in [0.15, 0.2) is 0 Å². The molecule has 0 aliphatic carbocycles. The number of hydrogen-bond donors (Lipinski definition) is 3. The second-order valence-corrected chi connectivity index (χ2v) is 2.03. The maximum Gasteiger partial charge on any atom is 0.234 e. The molecule has 5 heteroatoms. The molecule has 0 bridgehead atoms. The fourth-order valence-electron chi connectivity index (χ4n) is 0.579. The van der Waals surface area contributed by atoms with E-state index in [2.05, 4.69) is 5.32 Å². The van der Waals surface area contributed by atoms with E-state index in [0.29, 0.717) is 6.29 Å². The van der Waals surface area contributed by atoms with Gasteiger partial charge in [0.2, 0.25) is 5.91 Å².